The summed E-state index contributed by atoms with van der Waals surface area (Å²) in [5.74, 6) is -0.167. The fraction of sp³-hybridized carbons (Fsp3) is 0. The van der Waals surface area contributed by atoms with Crippen LogP contribution in [0.15, 0.2) is 29.3 Å². The Morgan fingerprint density at radius 1 is 1.47 bits per heavy atom. The number of aromatic hydroxyl groups is 1. The molecule has 0 aliphatic heterocycles. The zero-order valence-corrected chi connectivity index (χ0v) is 8.36. The summed E-state index contributed by atoms with van der Waals surface area (Å²) in [4.78, 5) is 4.06. The number of nitrogen functional groups attached to an aromatic ring is 1. The molecule has 0 aliphatic carbocycles. The van der Waals surface area contributed by atoms with Gasteiger partial charge < -0.3 is 15.4 Å². The minimum atomic E-state index is -2.15. The lowest BCUT2D eigenvalue weighted by Gasteiger charge is -2.06. The van der Waals surface area contributed by atoms with Crippen molar-refractivity contribution in [1.82, 2.24) is 4.98 Å². The molecule has 0 amide bonds. The van der Waals surface area contributed by atoms with Crippen LogP contribution in [0.4, 0.5) is 5.69 Å². The Bertz CT molecular complexity index is 556. The quantitative estimate of drug-likeness (QED) is 0.383. The summed E-state index contributed by atoms with van der Waals surface area (Å²) in [6.07, 6.45) is 1.48. The van der Waals surface area contributed by atoms with E-state index in [9.17, 15) is 9.32 Å². The number of anilines is 1. The van der Waals surface area contributed by atoms with Crippen LogP contribution in [-0.4, -0.2) is 18.9 Å². The van der Waals surface area contributed by atoms with Gasteiger partial charge in [-0.2, -0.15) is 0 Å². The lowest BCUT2D eigenvalue weighted by atomic mass is 10.2. The molecule has 15 heavy (non-hydrogen) atoms. The summed E-state index contributed by atoms with van der Waals surface area (Å²) in [5.41, 5.74) is 5.76. The van der Waals surface area contributed by atoms with Gasteiger partial charge in [-0.3, -0.25) is 4.98 Å². The lowest BCUT2D eigenvalue weighted by molar-refractivity contribution is 0.482. The molecule has 1 unspecified atom stereocenters. The molecule has 0 aliphatic rings. The molecule has 0 saturated carbocycles. The molecule has 6 heteroatoms. The molecule has 2 aromatic rings. The second-order valence-electron chi connectivity index (χ2n) is 2.96. The van der Waals surface area contributed by atoms with Gasteiger partial charge in [0.05, 0.1) is 10.6 Å². The van der Waals surface area contributed by atoms with Gasteiger partial charge in [-0.15, -0.1) is 0 Å². The first-order valence-electron chi connectivity index (χ1n) is 4.08. The van der Waals surface area contributed by atoms with Crippen LogP contribution in [0.5, 0.6) is 5.75 Å². The van der Waals surface area contributed by atoms with E-state index in [4.69, 9.17) is 10.3 Å². The zero-order chi connectivity index (χ0) is 11.0. The predicted molar refractivity (Wildman–Crippen MR) is 56.9 cm³/mol. The Morgan fingerprint density at radius 3 is 2.87 bits per heavy atom. The summed E-state index contributed by atoms with van der Waals surface area (Å²) in [7, 11) is 0. The van der Waals surface area contributed by atoms with Gasteiger partial charge >= 0.3 is 0 Å². The SMILES string of the molecule is Nc1cc(S(=O)O)c2cccnc2c1O. The molecule has 0 bridgehead atoms. The number of benzene rings is 1. The van der Waals surface area contributed by atoms with E-state index in [0.717, 1.165) is 0 Å². The average molecular weight is 224 g/mol. The van der Waals surface area contributed by atoms with Crippen molar-refractivity contribution in [3.8, 4) is 5.75 Å². The fourth-order valence-corrected chi connectivity index (χ4v) is 1.94. The van der Waals surface area contributed by atoms with Crippen LogP contribution in [0, 0.1) is 0 Å². The molecule has 1 heterocycles. The Balaban J connectivity index is 2.94. The van der Waals surface area contributed by atoms with E-state index in [0.29, 0.717) is 5.39 Å². The van der Waals surface area contributed by atoms with Crippen molar-refractivity contribution in [1.29, 1.82) is 0 Å². The van der Waals surface area contributed by atoms with Crippen molar-refractivity contribution in [3.05, 3.63) is 24.4 Å². The topological polar surface area (TPSA) is 96.4 Å². The Hall–Kier alpha value is -1.66. The van der Waals surface area contributed by atoms with Crippen LogP contribution in [0.25, 0.3) is 10.9 Å². The number of rotatable bonds is 1. The summed E-state index contributed by atoms with van der Waals surface area (Å²) in [6, 6.07) is 4.49. The van der Waals surface area contributed by atoms with E-state index >= 15 is 0 Å². The molecule has 4 N–H and O–H groups in total. The number of nitrogens with two attached hydrogens (primary N) is 1. The van der Waals surface area contributed by atoms with E-state index in [1.807, 2.05) is 0 Å². The molecule has 1 aromatic carbocycles. The van der Waals surface area contributed by atoms with Crippen LogP contribution in [0.1, 0.15) is 0 Å². The van der Waals surface area contributed by atoms with Crippen molar-refractivity contribution in [3.63, 3.8) is 0 Å². The van der Waals surface area contributed by atoms with Crippen molar-refractivity contribution in [2.24, 2.45) is 0 Å². The maximum atomic E-state index is 11.0. The smallest absolute Gasteiger partial charge is 0.187 e. The van der Waals surface area contributed by atoms with Gasteiger partial charge in [0.2, 0.25) is 0 Å². The van der Waals surface area contributed by atoms with Gasteiger partial charge in [-0.1, -0.05) is 0 Å². The molecule has 0 radical (unpaired) electrons. The molecule has 0 spiro atoms. The van der Waals surface area contributed by atoms with Gasteiger partial charge in [-0.05, 0) is 18.2 Å². The van der Waals surface area contributed by atoms with E-state index in [1.165, 1.54) is 12.3 Å². The number of hydrogen-bond acceptors (Lipinski definition) is 4. The molecular weight excluding hydrogens is 216 g/mol. The highest BCUT2D eigenvalue weighted by atomic mass is 32.2. The second-order valence-corrected chi connectivity index (χ2v) is 3.90. The van der Waals surface area contributed by atoms with E-state index in [2.05, 4.69) is 4.98 Å². The first-order chi connectivity index (χ1) is 7.11. The molecule has 1 atom stereocenters. The Kier molecular flexibility index (Phi) is 2.29. The van der Waals surface area contributed by atoms with Crippen LogP contribution >= 0.6 is 0 Å². The maximum absolute atomic E-state index is 11.0. The number of phenolic OH excluding ortho intramolecular Hbond substituents is 1. The molecule has 0 fully saturated rings. The normalized spacial score (nSPS) is 12.9. The van der Waals surface area contributed by atoms with Crippen LogP contribution < -0.4 is 5.73 Å². The zero-order valence-electron chi connectivity index (χ0n) is 7.54. The largest absolute Gasteiger partial charge is 0.504 e. The molecule has 0 saturated heterocycles. The minimum absolute atomic E-state index is 0.0404. The number of hydrogen-bond donors (Lipinski definition) is 3. The minimum Gasteiger partial charge on any atom is -0.504 e. The average Bonchev–Trinajstić information content (AvgIpc) is 2.23. The first kappa shape index (κ1) is 9.88. The van der Waals surface area contributed by atoms with Gasteiger partial charge in [-0.25, -0.2) is 4.21 Å². The second kappa shape index (κ2) is 3.48. The highest BCUT2D eigenvalue weighted by Gasteiger charge is 2.13. The molecule has 2 rings (SSSR count). The van der Waals surface area contributed by atoms with Gasteiger partial charge in [0.1, 0.15) is 5.52 Å². The fourth-order valence-electron chi connectivity index (χ4n) is 1.36. The standard InChI is InChI=1S/C9H8N2O3S/c10-6-4-7(15(13)14)5-2-1-3-11-8(5)9(6)12/h1-4,12H,10H2,(H,13,14). The Labute approximate surface area is 87.8 Å². The summed E-state index contributed by atoms with van der Waals surface area (Å²) < 4.78 is 20.1. The highest BCUT2D eigenvalue weighted by molar-refractivity contribution is 7.79. The first-order valence-corrected chi connectivity index (χ1v) is 5.19. The number of aromatic nitrogens is 1. The lowest BCUT2D eigenvalue weighted by Crippen LogP contribution is -1.96. The number of pyridine rings is 1. The third-order valence-corrected chi connectivity index (χ3v) is 2.76. The van der Waals surface area contributed by atoms with Crippen LogP contribution in [0.3, 0.4) is 0 Å². The molecule has 78 valence electrons. The summed E-state index contributed by atoms with van der Waals surface area (Å²) in [6.45, 7) is 0. The number of nitrogens with zero attached hydrogens (tertiary/aromatic N) is 1. The van der Waals surface area contributed by atoms with Crippen LogP contribution in [0.2, 0.25) is 0 Å². The predicted octanol–water partition coefficient (Wildman–Crippen LogP) is 1.10. The maximum Gasteiger partial charge on any atom is 0.187 e. The van der Waals surface area contributed by atoms with Crippen molar-refractivity contribution < 1.29 is 13.9 Å². The third kappa shape index (κ3) is 1.53. The van der Waals surface area contributed by atoms with E-state index < -0.39 is 11.1 Å². The summed E-state index contributed by atoms with van der Waals surface area (Å²) >= 11 is -2.15. The molecule has 5 nitrogen and oxygen atoms in total. The van der Waals surface area contributed by atoms with E-state index in [-0.39, 0.29) is 21.8 Å². The summed E-state index contributed by atoms with van der Waals surface area (Å²) in [5, 5.41) is 10.0. The van der Waals surface area contributed by atoms with Crippen molar-refractivity contribution in [2.45, 2.75) is 4.90 Å². The van der Waals surface area contributed by atoms with Crippen molar-refractivity contribution >= 4 is 27.7 Å². The molecular formula is C9H8N2O3S. The van der Waals surface area contributed by atoms with Gasteiger partial charge in [0, 0.05) is 11.6 Å². The van der Waals surface area contributed by atoms with Gasteiger partial charge in [0.15, 0.2) is 16.8 Å². The molecule has 1 aromatic heterocycles. The van der Waals surface area contributed by atoms with E-state index in [1.54, 1.807) is 12.1 Å². The van der Waals surface area contributed by atoms with Crippen molar-refractivity contribution in [2.75, 3.05) is 5.73 Å². The monoisotopic (exact) mass is 224 g/mol. The third-order valence-electron chi connectivity index (χ3n) is 2.05. The highest BCUT2D eigenvalue weighted by Crippen LogP contribution is 2.32. The van der Waals surface area contributed by atoms with Crippen LogP contribution in [-0.2, 0) is 11.1 Å². The Morgan fingerprint density at radius 2 is 2.20 bits per heavy atom. The number of phenols is 1. The number of fused-ring (bicyclic) bond motifs is 1. The van der Waals surface area contributed by atoms with Gasteiger partial charge in [0.25, 0.3) is 0 Å².